The van der Waals surface area contributed by atoms with Crippen molar-refractivity contribution in [2.75, 3.05) is 13.2 Å². The van der Waals surface area contributed by atoms with Gasteiger partial charge in [0.1, 0.15) is 18.0 Å². The van der Waals surface area contributed by atoms with Gasteiger partial charge in [0.15, 0.2) is 5.78 Å². The lowest BCUT2D eigenvalue weighted by Crippen LogP contribution is -2.30. The summed E-state index contributed by atoms with van der Waals surface area (Å²) in [4.78, 5) is 15.8. The lowest BCUT2D eigenvalue weighted by Gasteiger charge is -2.13. The number of rotatable bonds is 6. The van der Waals surface area contributed by atoms with Crippen LogP contribution in [-0.2, 0) is 4.79 Å². The summed E-state index contributed by atoms with van der Waals surface area (Å²) in [5, 5.41) is 0.143. The van der Waals surface area contributed by atoms with Crippen LogP contribution in [0.1, 0.15) is 6.42 Å². The standard InChI is InChI=1S/C16H18ClN3O2/c17-13-9-12(5-6-15(13)21)20-14-3-1-2-4-16(14)22-10-11(19)7-8-18/h1-6,9,11H,7-8,10,18-19H2. The minimum absolute atomic E-state index is 0.118. The largest absolute Gasteiger partial charge is 0.490 e. The number of allylic oxidation sites excluding steroid dienone is 4. The van der Waals surface area contributed by atoms with E-state index in [0.717, 1.165) is 0 Å². The molecule has 0 aromatic heterocycles. The molecule has 116 valence electrons. The van der Waals surface area contributed by atoms with Crippen LogP contribution in [0, 0.1) is 0 Å². The smallest absolute Gasteiger partial charge is 0.197 e. The molecule has 0 spiro atoms. The molecular weight excluding hydrogens is 302 g/mol. The second kappa shape index (κ2) is 7.89. The molecule has 1 unspecified atom stereocenters. The zero-order valence-electron chi connectivity index (χ0n) is 12.0. The van der Waals surface area contributed by atoms with Crippen LogP contribution in [0.2, 0.25) is 0 Å². The van der Waals surface area contributed by atoms with Crippen molar-refractivity contribution in [2.24, 2.45) is 16.5 Å². The van der Waals surface area contributed by atoms with Gasteiger partial charge in [0.25, 0.3) is 0 Å². The Bertz CT molecular complexity index is 638. The zero-order valence-corrected chi connectivity index (χ0v) is 12.8. The van der Waals surface area contributed by atoms with Gasteiger partial charge in [-0.05, 0) is 43.3 Å². The average molecular weight is 320 g/mol. The summed E-state index contributed by atoms with van der Waals surface area (Å²) in [7, 11) is 0. The number of ether oxygens (including phenoxy) is 1. The number of benzene rings is 1. The third-order valence-corrected chi connectivity index (χ3v) is 3.32. The van der Waals surface area contributed by atoms with E-state index in [9.17, 15) is 4.79 Å². The van der Waals surface area contributed by atoms with Crippen LogP contribution in [-0.4, -0.2) is 30.7 Å². The maximum absolute atomic E-state index is 11.3. The third-order valence-electron chi connectivity index (χ3n) is 3.02. The number of carbonyl (C=O) groups is 1. The topological polar surface area (TPSA) is 90.7 Å². The quantitative estimate of drug-likeness (QED) is 0.785. The second-order valence-corrected chi connectivity index (χ2v) is 5.25. The minimum Gasteiger partial charge on any atom is -0.490 e. The molecule has 2 rings (SSSR count). The molecule has 1 aliphatic carbocycles. The van der Waals surface area contributed by atoms with Crippen molar-refractivity contribution in [3.8, 4) is 5.75 Å². The fourth-order valence-electron chi connectivity index (χ4n) is 1.86. The molecule has 1 aromatic carbocycles. The predicted octanol–water partition coefficient (Wildman–Crippen LogP) is 2.08. The summed E-state index contributed by atoms with van der Waals surface area (Å²) in [5.41, 5.74) is 12.6. The fourth-order valence-corrected chi connectivity index (χ4v) is 2.04. The van der Waals surface area contributed by atoms with Gasteiger partial charge in [0, 0.05) is 6.04 Å². The predicted molar refractivity (Wildman–Crippen MR) is 88.8 cm³/mol. The van der Waals surface area contributed by atoms with Crippen molar-refractivity contribution in [2.45, 2.75) is 12.5 Å². The Morgan fingerprint density at radius 2 is 2.05 bits per heavy atom. The van der Waals surface area contributed by atoms with Crippen molar-refractivity contribution in [1.82, 2.24) is 0 Å². The first kappa shape index (κ1) is 16.4. The monoisotopic (exact) mass is 319 g/mol. The number of nitrogens with zero attached hydrogens (tertiary/aromatic N) is 1. The number of hydrogen-bond donors (Lipinski definition) is 2. The maximum atomic E-state index is 11.3. The second-order valence-electron chi connectivity index (χ2n) is 4.84. The molecule has 6 heteroatoms. The van der Waals surface area contributed by atoms with E-state index in [1.165, 1.54) is 12.2 Å². The fraction of sp³-hybridized carbons (Fsp3) is 0.250. The summed E-state index contributed by atoms with van der Waals surface area (Å²) in [6.45, 7) is 0.889. The summed E-state index contributed by atoms with van der Waals surface area (Å²) in [6, 6.07) is 7.23. The van der Waals surface area contributed by atoms with Gasteiger partial charge in [0.2, 0.25) is 0 Å². The molecule has 0 aliphatic heterocycles. The highest BCUT2D eigenvalue weighted by molar-refractivity contribution is 6.47. The van der Waals surface area contributed by atoms with Gasteiger partial charge >= 0.3 is 0 Å². The molecule has 1 aliphatic rings. The van der Waals surface area contributed by atoms with E-state index in [0.29, 0.717) is 36.7 Å². The average Bonchev–Trinajstić information content (AvgIpc) is 2.50. The molecule has 0 saturated carbocycles. The van der Waals surface area contributed by atoms with Crippen molar-refractivity contribution < 1.29 is 9.53 Å². The molecule has 0 radical (unpaired) electrons. The molecule has 22 heavy (non-hydrogen) atoms. The minimum atomic E-state index is -0.224. The van der Waals surface area contributed by atoms with Gasteiger partial charge in [-0.3, -0.25) is 4.79 Å². The molecule has 0 heterocycles. The molecule has 0 fully saturated rings. The lowest BCUT2D eigenvalue weighted by atomic mass is 10.1. The summed E-state index contributed by atoms with van der Waals surface area (Å²) in [6.07, 6.45) is 5.23. The van der Waals surface area contributed by atoms with E-state index in [1.807, 2.05) is 24.3 Å². The molecule has 5 nitrogen and oxygen atoms in total. The molecule has 0 bridgehead atoms. The Kier molecular flexibility index (Phi) is 5.89. The lowest BCUT2D eigenvalue weighted by molar-refractivity contribution is -0.110. The van der Waals surface area contributed by atoms with Gasteiger partial charge in [-0.15, -0.1) is 0 Å². The number of nitrogens with two attached hydrogens (primary N) is 2. The highest BCUT2D eigenvalue weighted by Crippen LogP contribution is 2.28. The molecule has 0 saturated heterocycles. The van der Waals surface area contributed by atoms with E-state index < -0.39 is 0 Å². The van der Waals surface area contributed by atoms with Crippen LogP contribution >= 0.6 is 11.6 Å². The molecule has 1 atom stereocenters. The molecule has 1 aromatic rings. The van der Waals surface area contributed by atoms with Crippen LogP contribution in [0.4, 0.5) is 5.69 Å². The van der Waals surface area contributed by atoms with Crippen LogP contribution in [0.3, 0.4) is 0 Å². The van der Waals surface area contributed by atoms with Crippen molar-refractivity contribution in [1.29, 1.82) is 0 Å². The van der Waals surface area contributed by atoms with E-state index in [-0.39, 0.29) is 16.9 Å². The van der Waals surface area contributed by atoms with Gasteiger partial charge in [-0.25, -0.2) is 4.99 Å². The summed E-state index contributed by atoms with van der Waals surface area (Å²) >= 11 is 5.83. The normalized spacial score (nSPS) is 17.5. The van der Waals surface area contributed by atoms with E-state index in [1.54, 1.807) is 6.08 Å². The van der Waals surface area contributed by atoms with Gasteiger partial charge in [-0.2, -0.15) is 0 Å². The van der Waals surface area contributed by atoms with E-state index in [2.05, 4.69) is 4.99 Å². The highest BCUT2D eigenvalue weighted by Gasteiger charge is 2.11. The number of halogens is 1. The maximum Gasteiger partial charge on any atom is 0.197 e. The number of ketones is 1. The zero-order chi connectivity index (χ0) is 15.9. The molecule has 4 N–H and O–H groups in total. The number of hydrogen-bond acceptors (Lipinski definition) is 5. The summed E-state index contributed by atoms with van der Waals surface area (Å²) in [5.74, 6) is 0.398. The number of carbonyl (C=O) groups excluding carboxylic acids is 1. The molecule has 0 amide bonds. The van der Waals surface area contributed by atoms with E-state index in [4.69, 9.17) is 27.8 Å². The number of para-hydroxylation sites is 2. The first-order valence-corrected chi connectivity index (χ1v) is 7.33. The Morgan fingerprint density at radius 1 is 1.27 bits per heavy atom. The van der Waals surface area contributed by atoms with Crippen LogP contribution < -0.4 is 16.2 Å². The Morgan fingerprint density at radius 3 is 2.77 bits per heavy atom. The molecular formula is C16H18ClN3O2. The van der Waals surface area contributed by atoms with Gasteiger partial charge in [0.05, 0.1) is 10.7 Å². The van der Waals surface area contributed by atoms with Gasteiger partial charge in [-0.1, -0.05) is 23.7 Å². The van der Waals surface area contributed by atoms with Gasteiger partial charge < -0.3 is 16.2 Å². The van der Waals surface area contributed by atoms with Crippen molar-refractivity contribution in [3.63, 3.8) is 0 Å². The third kappa shape index (κ3) is 4.53. The number of aliphatic imine (C=N–C) groups is 1. The van der Waals surface area contributed by atoms with Crippen molar-refractivity contribution >= 4 is 28.8 Å². The summed E-state index contributed by atoms with van der Waals surface area (Å²) < 4.78 is 5.71. The van der Waals surface area contributed by atoms with Crippen molar-refractivity contribution in [3.05, 3.63) is 47.5 Å². The van der Waals surface area contributed by atoms with Crippen LogP contribution in [0.15, 0.2) is 52.5 Å². The first-order chi connectivity index (χ1) is 10.6. The first-order valence-electron chi connectivity index (χ1n) is 6.96. The Hall–Kier alpha value is -1.95. The Labute approximate surface area is 134 Å². The van der Waals surface area contributed by atoms with Crippen LogP contribution in [0.5, 0.6) is 5.75 Å². The highest BCUT2D eigenvalue weighted by atomic mass is 35.5. The SMILES string of the molecule is NCCC(N)COc1ccccc1N=C1C=CC(=O)C(Cl)=C1. The van der Waals surface area contributed by atoms with Crippen LogP contribution in [0.25, 0.3) is 0 Å². The van der Waals surface area contributed by atoms with E-state index >= 15 is 0 Å². The Balaban J connectivity index is 2.15.